The normalized spacial score (nSPS) is 29.5. The van der Waals surface area contributed by atoms with E-state index in [1.165, 1.54) is 33.3 Å². The average molecular weight is 672 g/mol. The number of primary amides is 1. The minimum absolute atomic E-state index is 0.00471. The van der Waals surface area contributed by atoms with Gasteiger partial charge in [0, 0.05) is 37.4 Å². The lowest BCUT2D eigenvalue weighted by Gasteiger charge is -2.30. The van der Waals surface area contributed by atoms with Crippen LogP contribution in [-0.4, -0.2) is 82.8 Å². The van der Waals surface area contributed by atoms with Gasteiger partial charge in [-0.2, -0.15) is 0 Å². The number of rotatable bonds is 5. The Morgan fingerprint density at radius 3 is 2.43 bits per heavy atom. The monoisotopic (exact) mass is 671 g/mol. The van der Waals surface area contributed by atoms with Crippen LogP contribution in [-0.2, 0) is 28.6 Å². The number of aliphatic hydroxyl groups excluding tert-OH is 1. The highest BCUT2D eigenvalue weighted by molar-refractivity contribution is 7.08. The fraction of sp³-hybridized carbons (Fsp3) is 0.469. The molecule has 2 heterocycles. The van der Waals surface area contributed by atoms with Crippen LogP contribution in [0.25, 0.3) is 0 Å². The molecule has 0 radical (unpaired) electrons. The van der Waals surface area contributed by atoms with Gasteiger partial charge < -0.3 is 35.7 Å². The van der Waals surface area contributed by atoms with Gasteiger partial charge >= 0.3 is 6.09 Å². The molecule has 0 saturated heterocycles. The summed E-state index contributed by atoms with van der Waals surface area (Å²) in [5.74, 6) is -3.49. The number of carbonyl (C=O) groups excluding carboxylic acids is 5. The van der Waals surface area contributed by atoms with Crippen molar-refractivity contribution in [2.75, 3.05) is 14.2 Å². The van der Waals surface area contributed by atoms with Crippen LogP contribution >= 0.6 is 11.5 Å². The van der Waals surface area contributed by atoms with E-state index in [2.05, 4.69) is 20.2 Å². The molecule has 0 unspecified atom stereocenters. The Balaban J connectivity index is 2.10. The van der Waals surface area contributed by atoms with Crippen LogP contribution in [0.1, 0.15) is 55.9 Å². The Hall–Kier alpha value is -4.31. The predicted octanol–water partition coefficient (Wildman–Crippen LogP) is 2.35. The number of aryl methyl sites for hydroxylation is 1. The molecule has 3 amide bonds. The van der Waals surface area contributed by atoms with Gasteiger partial charge in [0.15, 0.2) is 6.10 Å². The number of carbonyl (C=O) groups is 5. The van der Waals surface area contributed by atoms with Crippen LogP contribution in [0.15, 0.2) is 58.5 Å². The van der Waals surface area contributed by atoms with Gasteiger partial charge in [-0.3, -0.25) is 19.2 Å². The van der Waals surface area contributed by atoms with Gasteiger partial charge in [0.25, 0.3) is 11.8 Å². The smallest absolute Gasteiger partial charge is 0.405 e. The number of methoxy groups -OCH3 is 2. The van der Waals surface area contributed by atoms with Crippen molar-refractivity contribution in [3.8, 4) is 0 Å². The molecule has 15 heteroatoms. The first-order chi connectivity index (χ1) is 22.2. The van der Waals surface area contributed by atoms with Crippen molar-refractivity contribution in [2.24, 2.45) is 17.6 Å². The molecule has 14 nitrogen and oxygen atoms in total. The highest BCUT2D eigenvalue weighted by atomic mass is 32.1. The summed E-state index contributed by atoms with van der Waals surface area (Å²) in [5.41, 5.74) is 5.96. The maximum atomic E-state index is 13.8. The second-order valence-corrected chi connectivity index (χ2v) is 12.3. The Morgan fingerprint density at radius 2 is 1.83 bits per heavy atom. The highest BCUT2D eigenvalue weighted by Gasteiger charge is 2.34. The molecular formula is C32H41N5O9S. The van der Waals surface area contributed by atoms with Crippen LogP contribution in [0, 0.1) is 18.8 Å². The molecule has 2 aliphatic rings. The Morgan fingerprint density at radius 1 is 1.13 bits per heavy atom. The molecule has 254 valence electrons. The first-order valence-electron chi connectivity index (χ1n) is 14.9. The van der Waals surface area contributed by atoms with E-state index >= 15 is 0 Å². The summed E-state index contributed by atoms with van der Waals surface area (Å²) in [5, 5.41) is 20.2. The molecule has 1 aromatic rings. The number of nitrogens with one attached hydrogen (secondary N) is 2. The van der Waals surface area contributed by atoms with Crippen LogP contribution in [0.4, 0.5) is 4.79 Å². The SMILES string of the molecule is CO[C@@H]1/C=C\C=C(\C)C(=O)NC2=CC(=O)C(NC(=O)c3snnc3C)=C(C[C@@H](C)C[C@@H](OC)[C@@H](O)[C@@H](C)/C=C(/C)[C@H]1OC(N)=O)C2=O. The number of nitrogens with two attached hydrogens (primary N) is 1. The summed E-state index contributed by atoms with van der Waals surface area (Å²) in [4.78, 5) is 65.3. The lowest BCUT2D eigenvalue weighted by atomic mass is 9.85. The standard InChI is InChI=1S/C32H41N5O9S/c1-15-11-20-25(35-31(42)29-19(5)36-37-47-29)22(38)14-21(27(20)40)34-30(41)16(2)9-8-10-23(44-6)28(46-32(33)43)18(4)13-17(3)26(39)24(12-15)45-7/h8-10,13-15,17,23-24,26,28,39H,11-12H2,1-7H3,(H2,33,43)(H,34,41)(H,35,42)/b10-8-,16-9-,18-13-/t15-,17+,23-,24-,26+,28-/m1/s1. The molecule has 47 heavy (non-hydrogen) atoms. The molecule has 1 aliphatic heterocycles. The topological polar surface area (TPSA) is 209 Å². The molecule has 0 aromatic carbocycles. The lowest BCUT2D eigenvalue weighted by Crippen LogP contribution is -2.38. The number of ether oxygens (including phenoxy) is 3. The third kappa shape index (κ3) is 9.38. The average Bonchev–Trinajstić information content (AvgIpc) is 3.45. The molecule has 0 fully saturated rings. The molecule has 6 atom stereocenters. The molecule has 3 rings (SSSR count). The first kappa shape index (κ1) is 37.2. The van der Waals surface area contributed by atoms with Gasteiger partial charge in [0.2, 0.25) is 11.6 Å². The van der Waals surface area contributed by atoms with Crippen LogP contribution < -0.4 is 16.4 Å². The summed E-state index contributed by atoms with van der Waals surface area (Å²) in [6, 6.07) is 0. The van der Waals surface area contributed by atoms with Crippen molar-refractivity contribution >= 4 is 41.0 Å². The molecule has 2 bridgehead atoms. The third-order valence-electron chi connectivity index (χ3n) is 7.89. The second kappa shape index (κ2) is 16.5. The number of aromatic nitrogens is 2. The quantitative estimate of drug-likeness (QED) is 0.264. The Kier molecular flexibility index (Phi) is 13.0. The lowest BCUT2D eigenvalue weighted by molar-refractivity contribution is -0.120. The van der Waals surface area contributed by atoms with Crippen molar-refractivity contribution in [3.05, 3.63) is 69.1 Å². The minimum Gasteiger partial charge on any atom is -0.439 e. The number of fused-ring (bicyclic) bond motifs is 2. The number of nitrogens with zero attached hydrogens (tertiary/aromatic N) is 2. The fourth-order valence-corrected chi connectivity index (χ4v) is 5.88. The van der Waals surface area contributed by atoms with Gasteiger partial charge in [-0.15, -0.1) is 5.10 Å². The van der Waals surface area contributed by atoms with Crippen molar-refractivity contribution in [1.29, 1.82) is 0 Å². The first-order valence-corrected chi connectivity index (χ1v) is 15.6. The molecule has 1 aliphatic carbocycles. The van der Waals surface area contributed by atoms with Gasteiger partial charge in [0.1, 0.15) is 11.0 Å². The summed E-state index contributed by atoms with van der Waals surface area (Å²) in [7, 11) is 2.86. The van der Waals surface area contributed by atoms with Crippen molar-refractivity contribution in [1.82, 2.24) is 20.2 Å². The van der Waals surface area contributed by atoms with Gasteiger partial charge in [-0.25, -0.2) is 4.79 Å². The summed E-state index contributed by atoms with van der Waals surface area (Å²) >= 11 is 0.848. The van der Waals surface area contributed by atoms with E-state index in [1.807, 2.05) is 6.92 Å². The van der Waals surface area contributed by atoms with Crippen LogP contribution in [0.3, 0.4) is 0 Å². The number of allylic oxidation sites excluding steroid dienone is 4. The number of amides is 3. The third-order valence-corrected chi connectivity index (χ3v) is 8.72. The second-order valence-electron chi connectivity index (χ2n) is 11.6. The van der Waals surface area contributed by atoms with Crippen molar-refractivity contribution in [3.63, 3.8) is 0 Å². The van der Waals surface area contributed by atoms with Crippen LogP contribution in [0.2, 0.25) is 0 Å². The molecular weight excluding hydrogens is 630 g/mol. The summed E-state index contributed by atoms with van der Waals surface area (Å²) in [6.45, 7) is 8.39. The van der Waals surface area contributed by atoms with Crippen LogP contribution in [0.5, 0.6) is 0 Å². The van der Waals surface area contributed by atoms with Crippen molar-refractivity contribution in [2.45, 2.75) is 71.9 Å². The van der Waals surface area contributed by atoms with E-state index < -0.39 is 59.8 Å². The number of hydrogen-bond donors (Lipinski definition) is 4. The maximum absolute atomic E-state index is 13.8. The van der Waals surface area contributed by atoms with Crippen molar-refractivity contribution < 1.29 is 43.3 Å². The molecule has 5 N–H and O–H groups in total. The van der Waals surface area contributed by atoms with Gasteiger partial charge in [-0.1, -0.05) is 42.6 Å². The van der Waals surface area contributed by atoms with E-state index in [1.54, 1.807) is 32.9 Å². The maximum Gasteiger partial charge on any atom is 0.405 e. The number of Topliss-reactive ketones (excluding diaryl/α,β-unsaturated/α-hetero) is 1. The zero-order valence-corrected chi connectivity index (χ0v) is 28.2. The zero-order valence-electron chi connectivity index (χ0n) is 27.4. The predicted molar refractivity (Wildman–Crippen MR) is 172 cm³/mol. The Bertz CT molecular complexity index is 1560. The van der Waals surface area contributed by atoms with Gasteiger partial charge in [-0.05, 0) is 56.6 Å². The van der Waals surface area contributed by atoms with E-state index in [-0.39, 0.29) is 46.2 Å². The van der Waals surface area contributed by atoms with Gasteiger partial charge in [0.05, 0.1) is 29.3 Å². The number of aliphatic hydroxyl groups is 1. The summed E-state index contributed by atoms with van der Waals surface area (Å²) in [6.07, 6.45) is 2.92. The molecule has 1 aromatic heterocycles. The number of hydrogen-bond acceptors (Lipinski definition) is 12. The van der Waals surface area contributed by atoms with E-state index in [9.17, 15) is 29.1 Å². The zero-order chi connectivity index (χ0) is 35.0. The summed E-state index contributed by atoms with van der Waals surface area (Å²) < 4.78 is 20.3. The molecule has 0 spiro atoms. The minimum atomic E-state index is -1.04. The van der Waals surface area contributed by atoms with E-state index in [0.717, 1.165) is 17.6 Å². The number of ketones is 2. The highest BCUT2D eigenvalue weighted by Crippen LogP contribution is 2.29. The van der Waals surface area contributed by atoms with E-state index in [4.69, 9.17) is 19.9 Å². The molecule has 0 saturated carbocycles. The largest absolute Gasteiger partial charge is 0.439 e. The fourth-order valence-electron chi connectivity index (χ4n) is 5.33. The Labute approximate surface area is 276 Å². The van der Waals surface area contributed by atoms with E-state index in [0.29, 0.717) is 11.3 Å².